The van der Waals surface area contributed by atoms with Gasteiger partial charge in [-0.1, -0.05) is 13.3 Å². The van der Waals surface area contributed by atoms with Gasteiger partial charge in [-0.25, -0.2) is 4.79 Å². The lowest BCUT2D eigenvalue weighted by molar-refractivity contribution is -0.147. The Morgan fingerprint density at radius 1 is 1.52 bits per heavy atom. The van der Waals surface area contributed by atoms with Crippen LogP contribution in [0, 0.1) is 6.92 Å². The summed E-state index contributed by atoms with van der Waals surface area (Å²) in [6, 6.07) is 2.84. The molecule has 1 fully saturated rings. The van der Waals surface area contributed by atoms with Crippen molar-refractivity contribution >= 4 is 29.7 Å². The van der Waals surface area contributed by atoms with Crippen LogP contribution in [0.15, 0.2) is 22.6 Å². The number of amides is 1. The number of hydrogen-bond donors (Lipinski definition) is 1. The van der Waals surface area contributed by atoms with Crippen LogP contribution in [0.2, 0.25) is 0 Å². The molecule has 1 aromatic rings. The molecule has 2 unspecified atom stereocenters. The first-order valence-corrected chi connectivity index (χ1v) is 7.99. The van der Waals surface area contributed by atoms with Crippen LogP contribution in [0.3, 0.4) is 0 Å². The molecular weight excluding hydrogens is 290 g/mol. The van der Waals surface area contributed by atoms with Gasteiger partial charge in [0, 0.05) is 11.8 Å². The minimum atomic E-state index is -0.948. The van der Waals surface area contributed by atoms with Gasteiger partial charge in [0.2, 0.25) is 5.91 Å². The summed E-state index contributed by atoms with van der Waals surface area (Å²) in [6.45, 7) is 3.85. The molecule has 2 atom stereocenters. The zero-order valence-electron chi connectivity index (χ0n) is 12.1. The molecule has 2 heterocycles. The molecule has 6 heteroatoms. The molecule has 1 aliphatic rings. The van der Waals surface area contributed by atoms with Crippen LogP contribution < -0.4 is 0 Å². The van der Waals surface area contributed by atoms with Crippen LogP contribution in [-0.2, 0) is 9.59 Å². The van der Waals surface area contributed by atoms with Crippen LogP contribution in [0.1, 0.15) is 31.3 Å². The van der Waals surface area contributed by atoms with Gasteiger partial charge in [0.25, 0.3) is 0 Å². The molecule has 0 aliphatic carbocycles. The monoisotopic (exact) mass is 309 g/mol. The zero-order chi connectivity index (χ0) is 15.4. The van der Waals surface area contributed by atoms with Gasteiger partial charge in [-0.15, -0.1) is 11.8 Å². The first kappa shape index (κ1) is 15.7. The Labute approximate surface area is 128 Å². The smallest absolute Gasteiger partial charge is 0.327 e. The van der Waals surface area contributed by atoms with E-state index in [-0.39, 0.29) is 11.3 Å². The molecule has 0 bridgehead atoms. The molecule has 5 nitrogen and oxygen atoms in total. The van der Waals surface area contributed by atoms with Gasteiger partial charge in [-0.2, -0.15) is 0 Å². The Balaban J connectivity index is 2.12. The van der Waals surface area contributed by atoms with Gasteiger partial charge in [0.15, 0.2) is 0 Å². The second kappa shape index (κ2) is 6.85. The number of hydrogen-bond acceptors (Lipinski definition) is 4. The lowest BCUT2D eigenvalue weighted by Gasteiger charge is -2.25. The van der Waals surface area contributed by atoms with Crippen molar-refractivity contribution in [2.75, 3.05) is 5.75 Å². The third-order valence-corrected chi connectivity index (χ3v) is 4.67. The fourth-order valence-electron chi connectivity index (χ4n) is 2.30. The van der Waals surface area contributed by atoms with Crippen LogP contribution >= 0.6 is 11.8 Å². The molecular formula is C15H19NO4S. The number of rotatable bonds is 5. The Hall–Kier alpha value is -1.69. The van der Waals surface area contributed by atoms with Crippen molar-refractivity contribution in [3.63, 3.8) is 0 Å². The molecule has 0 spiro atoms. The van der Waals surface area contributed by atoms with Crippen molar-refractivity contribution < 1.29 is 19.1 Å². The first-order chi connectivity index (χ1) is 10.0. The van der Waals surface area contributed by atoms with E-state index in [2.05, 4.69) is 0 Å². The number of carbonyl (C=O) groups is 2. The maximum Gasteiger partial charge on any atom is 0.327 e. The first-order valence-electron chi connectivity index (χ1n) is 6.94. The number of furan rings is 1. The van der Waals surface area contributed by atoms with Gasteiger partial charge in [-0.05, 0) is 31.6 Å². The van der Waals surface area contributed by atoms with E-state index in [1.165, 1.54) is 22.7 Å². The van der Waals surface area contributed by atoms with Gasteiger partial charge >= 0.3 is 5.97 Å². The summed E-state index contributed by atoms with van der Waals surface area (Å²) in [5.41, 5.74) is 0. The topological polar surface area (TPSA) is 70.8 Å². The number of carboxylic acid groups (broad SMARTS) is 1. The summed E-state index contributed by atoms with van der Waals surface area (Å²) in [5, 5.41) is 9.19. The van der Waals surface area contributed by atoms with E-state index >= 15 is 0 Å². The minimum absolute atomic E-state index is 0.0633. The van der Waals surface area contributed by atoms with Crippen molar-refractivity contribution in [1.82, 2.24) is 4.90 Å². The number of carboxylic acids is 1. The second-order valence-electron chi connectivity index (χ2n) is 4.96. The summed E-state index contributed by atoms with van der Waals surface area (Å²) in [6.07, 6.45) is 4.69. The molecule has 0 radical (unpaired) electrons. The fourth-order valence-corrected chi connectivity index (χ4v) is 3.82. The molecule has 2 rings (SSSR count). The average Bonchev–Trinajstić information content (AvgIpc) is 3.03. The number of aliphatic carboxylic acids is 1. The maximum absolute atomic E-state index is 12.3. The van der Waals surface area contributed by atoms with Crippen molar-refractivity contribution in [1.29, 1.82) is 0 Å². The van der Waals surface area contributed by atoms with Crippen LogP contribution in [0.4, 0.5) is 0 Å². The molecule has 0 aromatic carbocycles. The quantitative estimate of drug-likeness (QED) is 0.847. The average molecular weight is 309 g/mol. The Morgan fingerprint density at radius 2 is 2.29 bits per heavy atom. The second-order valence-corrected chi connectivity index (χ2v) is 6.17. The lowest BCUT2D eigenvalue weighted by Crippen LogP contribution is -2.44. The zero-order valence-corrected chi connectivity index (χ0v) is 12.9. The molecule has 21 heavy (non-hydrogen) atoms. The van der Waals surface area contributed by atoms with E-state index in [1.807, 2.05) is 19.9 Å². The molecule has 1 saturated heterocycles. The number of aryl methyl sites for hydroxylation is 1. The predicted molar refractivity (Wildman–Crippen MR) is 81.9 cm³/mol. The van der Waals surface area contributed by atoms with Crippen LogP contribution in [0.5, 0.6) is 0 Å². The third kappa shape index (κ3) is 3.69. The third-order valence-electron chi connectivity index (χ3n) is 3.32. The number of nitrogens with zero attached hydrogens (tertiary/aromatic N) is 1. The van der Waals surface area contributed by atoms with Gasteiger partial charge in [-0.3, -0.25) is 4.79 Å². The molecule has 1 aromatic heterocycles. The highest BCUT2D eigenvalue weighted by atomic mass is 32.2. The van der Waals surface area contributed by atoms with Gasteiger partial charge in [0.05, 0.1) is 5.37 Å². The number of thioether (sulfide) groups is 1. The van der Waals surface area contributed by atoms with Crippen LogP contribution in [-0.4, -0.2) is 39.1 Å². The largest absolute Gasteiger partial charge is 0.480 e. The van der Waals surface area contributed by atoms with Gasteiger partial charge < -0.3 is 14.4 Å². The van der Waals surface area contributed by atoms with E-state index in [0.29, 0.717) is 11.5 Å². The Morgan fingerprint density at radius 3 is 2.86 bits per heavy atom. The van der Waals surface area contributed by atoms with E-state index in [0.717, 1.165) is 18.6 Å². The normalized spacial score (nSPS) is 22.1. The SMILES string of the molecule is CCCC1SCC(C(=O)O)N1C(=O)C=Cc1ccc(C)o1. The van der Waals surface area contributed by atoms with Crippen molar-refractivity contribution in [2.24, 2.45) is 0 Å². The highest BCUT2D eigenvalue weighted by molar-refractivity contribution is 8.00. The Bertz CT molecular complexity index is 552. The fraction of sp³-hybridized carbons (Fsp3) is 0.467. The van der Waals surface area contributed by atoms with Crippen LogP contribution in [0.25, 0.3) is 6.08 Å². The van der Waals surface area contributed by atoms with Gasteiger partial charge in [0.1, 0.15) is 17.6 Å². The maximum atomic E-state index is 12.3. The van der Waals surface area contributed by atoms with E-state index in [9.17, 15) is 14.7 Å². The molecule has 1 amide bonds. The predicted octanol–water partition coefficient (Wildman–Crippen LogP) is 2.76. The van der Waals surface area contributed by atoms with Crippen molar-refractivity contribution in [2.45, 2.75) is 38.1 Å². The van der Waals surface area contributed by atoms with E-state index < -0.39 is 12.0 Å². The lowest BCUT2D eigenvalue weighted by atomic mass is 10.2. The van der Waals surface area contributed by atoms with E-state index in [4.69, 9.17) is 4.42 Å². The van der Waals surface area contributed by atoms with Crippen molar-refractivity contribution in [3.8, 4) is 0 Å². The summed E-state index contributed by atoms with van der Waals surface area (Å²) in [4.78, 5) is 25.1. The minimum Gasteiger partial charge on any atom is -0.480 e. The summed E-state index contributed by atoms with van der Waals surface area (Å²) < 4.78 is 5.37. The van der Waals surface area contributed by atoms with Crippen molar-refractivity contribution in [3.05, 3.63) is 29.7 Å². The molecule has 114 valence electrons. The molecule has 1 N–H and O–H groups in total. The standard InChI is InChI=1S/C15H19NO4S/c1-3-4-14-16(12(9-21-14)15(18)19)13(17)8-7-11-6-5-10(2)20-11/h5-8,12,14H,3-4,9H2,1-2H3,(H,18,19). The molecule has 0 saturated carbocycles. The highest BCUT2D eigenvalue weighted by Crippen LogP contribution is 2.32. The Kier molecular flexibility index (Phi) is 5.12. The summed E-state index contributed by atoms with van der Waals surface area (Å²) >= 11 is 1.53. The molecule has 1 aliphatic heterocycles. The number of carbonyl (C=O) groups excluding carboxylic acids is 1. The summed E-state index contributed by atoms with van der Waals surface area (Å²) in [7, 11) is 0. The summed E-state index contributed by atoms with van der Waals surface area (Å²) in [5.74, 6) is 0.578. The highest BCUT2D eigenvalue weighted by Gasteiger charge is 2.40. The van der Waals surface area contributed by atoms with E-state index in [1.54, 1.807) is 12.1 Å².